The Morgan fingerprint density at radius 1 is 1.10 bits per heavy atom. The molecule has 3 aromatic rings. The smallest absolute Gasteiger partial charge is 0.360 e. The quantitative estimate of drug-likeness (QED) is 0.595. The number of halogens is 5. The van der Waals surface area contributed by atoms with Crippen molar-refractivity contribution >= 4 is 11.5 Å². The first-order chi connectivity index (χ1) is 14.7. The number of nitrogens with zero attached hydrogens (tertiary/aromatic N) is 3. The van der Waals surface area contributed by atoms with Crippen LogP contribution < -0.4 is 10.6 Å². The minimum absolute atomic E-state index is 0.0628. The Bertz CT molecular complexity index is 1120. The summed E-state index contributed by atoms with van der Waals surface area (Å²) < 4.78 is 70.6. The molecule has 3 aromatic heterocycles. The molecule has 0 aromatic carbocycles. The number of anilines is 1. The van der Waals surface area contributed by atoms with Gasteiger partial charge in [0.2, 0.25) is 0 Å². The highest BCUT2D eigenvalue weighted by Gasteiger charge is 2.64. The lowest BCUT2D eigenvalue weighted by atomic mass is 9.97. The summed E-state index contributed by atoms with van der Waals surface area (Å²) in [6, 6.07) is 6.86. The van der Waals surface area contributed by atoms with Gasteiger partial charge in [-0.3, -0.25) is 4.40 Å². The fraction of sp³-hybridized carbons (Fsp3) is 0.429. The van der Waals surface area contributed by atoms with Gasteiger partial charge in [-0.2, -0.15) is 13.2 Å². The number of hydrogen-bond acceptors (Lipinski definition) is 4. The van der Waals surface area contributed by atoms with Gasteiger partial charge in [0.15, 0.2) is 0 Å². The number of aromatic nitrogens is 3. The van der Waals surface area contributed by atoms with Gasteiger partial charge in [0, 0.05) is 25.7 Å². The first-order valence-electron chi connectivity index (χ1n) is 10.1. The summed E-state index contributed by atoms with van der Waals surface area (Å²) in [5, 5.41) is 5.72. The minimum atomic E-state index is -4.32. The number of nitrogens with one attached hydrogen (secondary N) is 2. The molecule has 1 unspecified atom stereocenters. The highest BCUT2D eigenvalue weighted by molar-refractivity contribution is 5.62. The third-order valence-corrected chi connectivity index (χ3v) is 6.18. The van der Waals surface area contributed by atoms with Crippen LogP contribution in [-0.2, 0) is 5.41 Å². The van der Waals surface area contributed by atoms with Crippen LogP contribution in [0.15, 0.2) is 42.7 Å². The first kappa shape index (κ1) is 20.2. The normalized spacial score (nSPS) is 22.4. The van der Waals surface area contributed by atoms with Crippen LogP contribution in [0.5, 0.6) is 0 Å². The molecule has 0 spiro atoms. The van der Waals surface area contributed by atoms with Crippen molar-refractivity contribution < 1.29 is 22.0 Å². The second kappa shape index (κ2) is 6.88. The van der Waals surface area contributed by atoms with E-state index < -0.39 is 23.6 Å². The summed E-state index contributed by atoms with van der Waals surface area (Å²) in [6.07, 6.45) is -1.47. The van der Waals surface area contributed by atoms with E-state index in [4.69, 9.17) is 0 Å². The molecule has 10 heteroatoms. The van der Waals surface area contributed by atoms with E-state index in [0.29, 0.717) is 17.0 Å². The fourth-order valence-corrected chi connectivity index (χ4v) is 4.13. The lowest BCUT2D eigenvalue weighted by Gasteiger charge is -2.32. The Hall–Kier alpha value is -2.75. The molecule has 0 bridgehead atoms. The standard InChI is InChI=1S/C21H20F5N5/c22-20(23)8-9-27-11-16(20)30-17-3-1-2-14(29-17)15-10-28-18-5-4-13(12-31(15)18)19(6-7-19)21(24,25)26/h1-5,10,12,16,27H,6-9,11H2,(H,29,30). The second-order valence-corrected chi connectivity index (χ2v) is 8.19. The van der Waals surface area contributed by atoms with Crippen molar-refractivity contribution in [3.63, 3.8) is 0 Å². The van der Waals surface area contributed by atoms with E-state index in [-0.39, 0.29) is 43.7 Å². The summed E-state index contributed by atoms with van der Waals surface area (Å²) in [4.78, 5) is 8.69. The molecular formula is C21H20F5N5. The third kappa shape index (κ3) is 3.42. The van der Waals surface area contributed by atoms with Gasteiger partial charge >= 0.3 is 6.18 Å². The maximum Gasteiger partial charge on any atom is 0.398 e. The monoisotopic (exact) mass is 437 g/mol. The van der Waals surface area contributed by atoms with Gasteiger partial charge in [-0.25, -0.2) is 18.7 Å². The van der Waals surface area contributed by atoms with Crippen molar-refractivity contribution in [3.8, 4) is 11.4 Å². The zero-order chi connectivity index (χ0) is 21.9. The molecule has 1 saturated carbocycles. The van der Waals surface area contributed by atoms with Crippen LogP contribution >= 0.6 is 0 Å². The van der Waals surface area contributed by atoms with E-state index >= 15 is 0 Å². The first-order valence-corrected chi connectivity index (χ1v) is 10.1. The van der Waals surface area contributed by atoms with Crippen LogP contribution in [0.25, 0.3) is 17.0 Å². The number of piperidine rings is 1. The van der Waals surface area contributed by atoms with Gasteiger partial charge in [-0.1, -0.05) is 12.1 Å². The molecule has 1 atom stereocenters. The summed E-state index contributed by atoms with van der Waals surface area (Å²) in [5.41, 5.74) is -0.210. The lowest BCUT2D eigenvalue weighted by molar-refractivity contribution is -0.160. The highest BCUT2D eigenvalue weighted by atomic mass is 19.4. The van der Waals surface area contributed by atoms with E-state index in [0.717, 1.165) is 0 Å². The molecule has 1 saturated heterocycles. The van der Waals surface area contributed by atoms with E-state index in [1.807, 2.05) is 0 Å². The van der Waals surface area contributed by atoms with Crippen molar-refractivity contribution in [1.29, 1.82) is 0 Å². The topological polar surface area (TPSA) is 54.2 Å². The number of rotatable bonds is 4. The highest BCUT2D eigenvalue weighted by Crippen LogP contribution is 2.58. The fourth-order valence-electron chi connectivity index (χ4n) is 4.13. The summed E-state index contributed by atoms with van der Waals surface area (Å²) in [6.45, 7) is 0.361. The Kier molecular flexibility index (Phi) is 4.47. The molecule has 2 aliphatic rings. The molecular weight excluding hydrogens is 417 g/mol. The molecule has 1 aliphatic carbocycles. The predicted octanol–water partition coefficient (Wildman–Crippen LogP) is 4.40. The molecule has 5 rings (SSSR count). The molecule has 5 nitrogen and oxygen atoms in total. The van der Waals surface area contributed by atoms with Crippen molar-refractivity contribution in [2.45, 2.75) is 42.8 Å². The lowest BCUT2D eigenvalue weighted by Crippen LogP contribution is -2.52. The van der Waals surface area contributed by atoms with Crippen molar-refractivity contribution in [3.05, 3.63) is 48.3 Å². The maximum atomic E-state index is 14.2. The van der Waals surface area contributed by atoms with Gasteiger partial charge in [-0.15, -0.1) is 0 Å². The molecule has 0 amide bonds. The maximum absolute atomic E-state index is 14.2. The summed E-state index contributed by atoms with van der Waals surface area (Å²) >= 11 is 0. The second-order valence-electron chi connectivity index (χ2n) is 8.19. The molecule has 4 heterocycles. The van der Waals surface area contributed by atoms with Crippen LogP contribution in [0.2, 0.25) is 0 Å². The summed E-state index contributed by atoms with van der Waals surface area (Å²) in [5.74, 6) is -2.59. The predicted molar refractivity (Wildman–Crippen MR) is 105 cm³/mol. The van der Waals surface area contributed by atoms with E-state index in [1.54, 1.807) is 28.7 Å². The Balaban J connectivity index is 1.49. The van der Waals surface area contributed by atoms with Gasteiger partial charge in [0.1, 0.15) is 17.5 Å². The number of imidazole rings is 1. The van der Waals surface area contributed by atoms with Crippen LogP contribution in [-0.4, -0.2) is 45.6 Å². The molecule has 2 fully saturated rings. The molecule has 164 valence electrons. The SMILES string of the molecule is FC1(F)CCNCC1Nc1cccc(-c2cnc3ccc(C4(C(F)(F)F)CC4)cn23)n1. The average Bonchev–Trinajstić information content (AvgIpc) is 3.44. The molecule has 1 aliphatic heterocycles. The largest absolute Gasteiger partial charge is 0.398 e. The average molecular weight is 437 g/mol. The van der Waals surface area contributed by atoms with Crippen LogP contribution in [0.1, 0.15) is 24.8 Å². The van der Waals surface area contributed by atoms with Gasteiger partial charge in [0.05, 0.1) is 23.0 Å². The van der Waals surface area contributed by atoms with Crippen LogP contribution in [0, 0.1) is 0 Å². The minimum Gasteiger partial charge on any atom is -0.360 e. The molecule has 31 heavy (non-hydrogen) atoms. The Morgan fingerprint density at radius 3 is 2.61 bits per heavy atom. The van der Waals surface area contributed by atoms with Crippen molar-refractivity contribution in [1.82, 2.24) is 19.7 Å². The van der Waals surface area contributed by atoms with Crippen LogP contribution in [0.4, 0.5) is 27.8 Å². The van der Waals surface area contributed by atoms with Gasteiger partial charge < -0.3 is 10.6 Å². The van der Waals surface area contributed by atoms with E-state index in [2.05, 4.69) is 20.6 Å². The Morgan fingerprint density at radius 2 is 1.90 bits per heavy atom. The Labute approximate surface area is 174 Å². The van der Waals surface area contributed by atoms with E-state index in [1.165, 1.54) is 18.5 Å². The zero-order valence-corrected chi connectivity index (χ0v) is 16.4. The summed E-state index contributed by atoms with van der Waals surface area (Å²) in [7, 11) is 0. The molecule has 2 N–H and O–H groups in total. The van der Waals surface area contributed by atoms with Gasteiger partial charge in [0.25, 0.3) is 5.92 Å². The number of pyridine rings is 2. The number of hydrogen-bond donors (Lipinski definition) is 2. The van der Waals surface area contributed by atoms with Crippen LogP contribution in [0.3, 0.4) is 0 Å². The number of fused-ring (bicyclic) bond motifs is 1. The van der Waals surface area contributed by atoms with E-state index in [9.17, 15) is 22.0 Å². The number of alkyl halides is 5. The molecule has 0 radical (unpaired) electrons. The van der Waals surface area contributed by atoms with Crippen molar-refractivity contribution in [2.75, 3.05) is 18.4 Å². The van der Waals surface area contributed by atoms with Gasteiger partial charge in [-0.05, 0) is 36.6 Å². The zero-order valence-electron chi connectivity index (χ0n) is 16.4. The van der Waals surface area contributed by atoms with Crippen molar-refractivity contribution in [2.24, 2.45) is 0 Å². The third-order valence-electron chi connectivity index (χ3n) is 6.18.